The van der Waals surface area contributed by atoms with Crippen molar-refractivity contribution >= 4 is 24.8 Å². The number of rotatable bonds is 6. The van der Waals surface area contributed by atoms with Crippen molar-refractivity contribution in [2.75, 3.05) is 40.3 Å². The Morgan fingerprint density at radius 1 is 1.03 bits per heavy atom. The predicted molar refractivity (Wildman–Crippen MR) is 119 cm³/mol. The smallest absolute Gasteiger partial charge is 0.416 e. The van der Waals surface area contributed by atoms with E-state index in [0.29, 0.717) is 5.75 Å². The molecule has 0 spiro atoms. The SMILES string of the molecule is CN(C)CCCN1CCc2ccccc2C(Oc2ccc(C(F)(F)F)cc2)C1.Cl.Cl. The van der Waals surface area contributed by atoms with Crippen molar-refractivity contribution in [3.8, 4) is 5.75 Å². The molecular formula is C22H29Cl2F3N2O. The maximum atomic E-state index is 12.8. The van der Waals surface area contributed by atoms with Crippen LogP contribution in [-0.2, 0) is 12.6 Å². The molecule has 0 N–H and O–H groups in total. The molecule has 2 aromatic carbocycles. The van der Waals surface area contributed by atoms with Crippen LogP contribution in [0.3, 0.4) is 0 Å². The van der Waals surface area contributed by atoms with Crippen LogP contribution in [-0.4, -0.2) is 50.1 Å². The molecule has 3 rings (SSSR count). The second-order valence-corrected chi connectivity index (χ2v) is 7.53. The highest BCUT2D eigenvalue weighted by molar-refractivity contribution is 5.85. The maximum absolute atomic E-state index is 12.8. The molecule has 1 atom stereocenters. The molecule has 1 aliphatic rings. The van der Waals surface area contributed by atoms with E-state index in [9.17, 15) is 13.2 Å². The van der Waals surface area contributed by atoms with E-state index in [1.54, 1.807) is 0 Å². The number of halogens is 5. The minimum atomic E-state index is -4.34. The van der Waals surface area contributed by atoms with Gasteiger partial charge in [-0.1, -0.05) is 24.3 Å². The van der Waals surface area contributed by atoms with Gasteiger partial charge < -0.3 is 9.64 Å². The van der Waals surface area contributed by atoms with E-state index >= 15 is 0 Å². The van der Waals surface area contributed by atoms with Gasteiger partial charge in [0, 0.05) is 13.1 Å². The number of ether oxygens (including phenoxy) is 1. The van der Waals surface area contributed by atoms with Gasteiger partial charge in [-0.15, -0.1) is 24.8 Å². The van der Waals surface area contributed by atoms with E-state index in [0.717, 1.165) is 56.7 Å². The summed E-state index contributed by atoms with van der Waals surface area (Å²) in [5.74, 6) is 0.461. The Morgan fingerprint density at radius 3 is 2.33 bits per heavy atom. The molecule has 1 aliphatic heterocycles. The first-order chi connectivity index (χ1) is 13.3. The maximum Gasteiger partial charge on any atom is 0.416 e. The predicted octanol–water partition coefficient (Wildman–Crippen LogP) is 5.48. The molecule has 1 unspecified atom stereocenters. The Kier molecular flexibility index (Phi) is 10.4. The summed E-state index contributed by atoms with van der Waals surface area (Å²) in [5, 5.41) is 0. The molecule has 168 valence electrons. The zero-order valence-corrected chi connectivity index (χ0v) is 18.8. The second kappa shape index (κ2) is 11.8. The van der Waals surface area contributed by atoms with Crippen LogP contribution < -0.4 is 4.74 Å². The molecule has 0 radical (unpaired) electrons. The van der Waals surface area contributed by atoms with Crippen molar-refractivity contribution in [1.82, 2.24) is 9.80 Å². The zero-order valence-electron chi connectivity index (χ0n) is 17.2. The number of nitrogens with zero attached hydrogens (tertiary/aromatic N) is 2. The van der Waals surface area contributed by atoms with Crippen LogP contribution in [0.2, 0.25) is 0 Å². The molecule has 3 nitrogen and oxygen atoms in total. The summed E-state index contributed by atoms with van der Waals surface area (Å²) in [4.78, 5) is 4.56. The molecule has 8 heteroatoms. The summed E-state index contributed by atoms with van der Waals surface area (Å²) in [7, 11) is 4.13. The molecule has 1 heterocycles. The first-order valence-corrected chi connectivity index (χ1v) is 9.62. The third-order valence-corrected chi connectivity index (χ3v) is 5.06. The van der Waals surface area contributed by atoms with Gasteiger partial charge in [-0.25, -0.2) is 0 Å². The van der Waals surface area contributed by atoms with E-state index in [-0.39, 0.29) is 30.9 Å². The van der Waals surface area contributed by atoms with E-state index in [4.69, 9.17) is 4.74 Å². The van der Waals surface area contributed by atoms with Crippen molar-refractivity contribution in [3.05, 3.63) is 65.2 Å². The molecule has 0 saturated heterocycles. The number of hydrogen-bond acceptors (Lipinski definition) is 3. The molecule has 0 fully saturated rings. The summed E-state index contributed by atoms with van der Waals surface area (Å²) < 4.78 is 44.6. The monoisotopic (exact) mass is 464 g/mol. The van der Waals surface area contributed by atoms with E-state index in [2.05, 4.69) is 36.0 Å². The fourth-order valence-electron chi connectivity index (χ4n) is 3.58. The van der Waals surface area contributed by atoms with Crippen LogP contribution in [0.15, 0.2) is 48.5 Å². The molecule has 30 heavy (non-hydrogen) atoms. The van der Waals surface area contributed by atoms with Crippen molar-refractivity contribution < 1.29 is 17.9 Å². The summed E-state index contributed by atoms with van der Waals surface area (Å²) in [5.41, 5.74) is 1.71. The van der Waals surface area contributed by atoms with Gasteiger partial charge in [-0.2, -0.15) is 13.2 Å². The van der Waals surface area contributed by atoms with Gasteiger partial charge in [-0.3, -0.25) is 4.90 Å². The number of benzene rings is 2. The van der Waals surface area contributed by atoms with Gasteiger partial charge in [0.1, 0.15) is 11.9 Å². The Balaban J connectivity index is 0.00000225. The lowest BCUT2D eigenvalue weighted by Crippen LogP contribution is -2.32. The Labute approximate surface area is 189 Å². The average Bonchev–Trinajstić information content (AvgIpc) is 2.81. The minimum absolute atomic E-state index is 0. The van der Waals surface area contributed by atoms with Crippen molar-refractivity contribution in [2.45, 2.75) is 25.1 Å². The quantitative estimate of drug-likeness (QED) is 0.562. The molecule has 2 aromatic rings. The van der Waals surface area contributed by atoms with Gasteiger partial charge in [0.15, 0.2) is 0 Å². The van der Waals surface area contributed by atoms with Gasteiger partial charge in [0.05, 0.1) is 5.56 Å². The first-order valence-electron chi connectivity index (χ1n) is 9.62. The van der Waals surface area contributed by atoms with E-state index in [1.165, 1.54) is 17.7 Å². The van der Waals surface area contributed by atoms with Crippen molar-refractivity contribution in [2.24, 2.45) is 0 Å². The molecule has 0 saturated carbocycles. The Hall–Kier alpha value is -1.47. The van der Waals surface area contributed by atoms with Crippen molar-refractivity contribution in [3.63, 3.8) is 0 Å². The average molecular weight is 465 g/mol. The molecule has 0 amide bonds. The largest absolute Gasteiger partial charge is 0.484 e. The Bertz CT molecular complexity index is 770. The standard InChI is InChI=1S/C22H27F3N2O.2ClH/c1-26(2)13-5-14-27-15-12-17-6-3-4-7-20(17)21(16-27)28-19-10-8-18(9-11-19)22(23,24)25;;/h3-4,6-11,21H,5,12-16H2,1-2H3;2*1H. The zero-order chi connectivity index (χ0) is 20.1. The van der Waals surface area contributed by atoms with Gasteiger partial charge >= 0.3 is 6.18 Å². The highest BCUT2D eigenvalue weighted by atomic mass is 35.5. The molecule has 0 aliphatic carbocycles. The minimum Gasteiger partial charge on any atom is -0.484 e. The normalized spacial score (nSPS) is 16.8. The molecule has 0 bridgehead atoms. The fourth-order valence-corrected chi connectivity index (χ4v) is 3.58. The summed E-state index contributed by atoms with van der Waals surface area (Å²) >= 11 is 0. The van der Waals surface area contributed by atoms with Crippen LogP contribution >= 0.6 is 24.8 Å². The lowest BCUT2D eigenvalue weighted by molar-refractivity contribution is -0.137. The fraction of sp³-hybridized carbons (Fsp3) is 0.455. The second-order valence-electron chi connectivity index (χ2n) is 7.53. The third-order valence-electron chi connectivity index (χ3n) is 5.06. The highest BCUT2D eigenvalue weighted by Gasteiger charge is 2.30. The summed E-state index contributed by atoms with van der Waals surface area (Å²) in [6.07, 6.45) is -2.52. The molecular weight excluding hydrogens is 436 g/mol. The van der Waals surface area contributed by atoms with Crippen LogP contribution in [0.1, 0.15) is 29.2 Å². The summed E-state index contributed by atoms with van der Waals surface area (Å²) in [6, 6.07) is 13.2. The van der Waals surface area contributed by atoms with Gasteiger partial charge in [0.2, 0.25) is 0 Å². The third kappa shape index (κ3) is 7.34. The molecule has 0 aromatic heterocycles. The number of hydrogen-bond donors (Lipinski definition) is 0. The van der Waals surface area contributed by atoms with E-state index in [1.807, 2.05) is 12.1 Å². The van der Waals surface area contributed by atoms with Gasteiger partial charge in [0.25, 0.3) is 0 Å². The highest BCUT2D eigenvalue weighted by Crippen LogP contribution is 2.32. The van der Waals surface area contributed by atoms with Crippen LogP contribution in [0.4, 0.5) is 13.2 Å². The number of alkyl halides is 3. The van der Waals surface area contributed by atoms with Crippen molar-refractivity contribution in [1.29, 1.82) is 0 Å². The lowest BCUT2D eigenvalue weighted by Gasteiger charge is -2.26. The van der Waals surface area contributed by atoms with Crippen LogP contribution in [0.25, 0.3) is 0 Å². The van der Waals surface area contributed by atoms with Gasteiger partial charge in [-0.05, 0) is 75.4 Å². The summed E-state index contributed by atoms with van der Waals surface area (Å²) in [6.45, 7) is 3.68. The van der Waals surface area contributed by atoms with E-state index < -0.39 is 11.7 Å². The number of fused-ring (bicyclic) bond motifs is 1. The lowest BCUT2D eigenvalue weighted by atomic mass is 10.0. The van der Waals surface area contributed by atoms with Crippen LogP contribution in [0.5, 0.6) is 5.75 Å². The topological polar surface area (TPSA) is 15.7 Å². The first kappa shape index (κ1) is 26.6. The Morgan fingerprint density at radius 2 is 1.70 bits per heavy atom. The van der Waals surface area contributed by atoms with Crippen LogP contribution in [0, 0.1) is 0 Å².